The fourth-order valence-corrected chi connectivity index (χ4v) is 5.55. The van der Waals surface area contributed by atoms with E-state index in [2.05, 4.69) is 29.7 Å². The summed E-state index contributed by atoms with van der Waals surface area (Å²) in [6.07, 6.45) is 4.51. The van der Waals surface area contributed by atoms with E-state index in [4.69, 9.17) is 9.47 Å². The minimum absolute atomic E-state index is 0.0236. The third-order valence-electron chi connectivity index (χ3n) is 7.38. The third kappa shape index (κ3) is 3.90. The minimum Gasteiger partial charge on any atom is -0.486 e. The summed E-state index contributed by atoms with van der Waals surface area (Å²) in [5, 5.41) is 5.71. The van der Waals surface area contributed by atoms with E-state index >= 15 is 0 Å². The second-order valence-corrected chi connectivity index (χ2v) is 9.31. The molecule has 2 N–H and O–H groups in total. The van der Waals surface area contributed by atoms with Gasteiger partial charge in [-0.3, -0.25) is 4.79 Å². The summed E-state index contributed by atoms with van der Waals surface area (Å²) in [6.45, 7) is 4.34. The van der Waals surface area contributed by atoms with Crippen LogP contribution in [0.4, 0.5) is 4.79 Å². The first-order valence-electron chi connectivity index (χ1n) is 11.8. The Balaban J connectivity index is 1.36. The van der Waals surface area contributed by atoms with E-state index in [-0.39, 0.29) is 23.4 Å². The van der Waals surface area contributed by atoms with E-state index in [1.165, 1.54) is 18.4 Å². The van der Waals surface area contributed by atoms with Gasteiger partial charge in [-0.1, -0.05) is 25.0 Å². The predicted molar refractivity (Wildman–Crippen MR) is 125 cm³/mol. The number of nitrogens with one attached hydrogen (secondary N) is 2. The number of urea groups is 1. The molecule has 1 aliphatic carbocycles. The van der Waals surface area contributed by atoms with Crippen molar-refractivity contribution in [1.82, 2.24) is 15.5 Å². The molecule has 1 saturated carbocycles. The lowest BCUT2D eigenvalue weighted by Crippen LogP contribution is -2.51. The molecule has 1 fully saturated rings. The summed E-state index contributed by atoms with van der Waals surface area (Å²) in [6, 6.07) is 11.4. The molecular formula is C26H31N3O4. The van der Waals surface area contributed by atoms with Gasteiger partial charge in [0, 0.05) is 31.1 Å². The number of fused-ring (bicyclic) bond motifs is 3. The molecule has 2 aliphatic heterocycles. The van der Waals surface area contributed by atoms with Gasteiger partial charge in [-0.2, -0.15) is 0 Å². The van der Waals surface area contributed by atoms with Crippen LogP contribution >= 0.6 is 0 Å². The highest BCUT2D eigenvalue weighted by Crippen LogP contribution is 2.51. The van der Waals surface area contributed by atoms with Crippen molar-refractivity contribution >= 4 is 11.9 Å². The number of hydrogen-bond donors (Lipinski definition) is 2. The first kappa shape index (κ1) is 21.6. The van der Waals surface area contributed by atoms with Crippen LogP contribution in [0.1, 0.15) is 65.7 Å². The van der Waals surface area contributed by atoms with Crippen molar-refractivity contribution in [2.75, 3.05) is 26.8 Å². The van der Waals surface area contributed by atoms with Gasteiger partial charge in [0.05, 0.1) is 6.04 Å². The average Bonchev–Trinajstić information content (AvgIpc) is 3.33. The van der Waals surface area contributed by atoms with Gasteiger partial charge in [0.25, 0.3) is 5.91 Å². The molecule has 174 valence electrons. The molecule has 2 heterocycles. The van der Waals surface area contributed by atoms with Crippen LogP contribution in [0.3, 0.4) is 0 Å². The molecule has 7 heteroatoms. The molecule has 1 spiro atoms. The highest BCUT2D eigenvalue weighted by molar-refractivity contribution is 5.93. The van der Waals surface area contributed by atoms with Gasteiger partial charge in [0.1, 0.15) is 13.2 Å². The molecule has 0 radical (unpaired) electrons. The van der Waals surface area contributed by atoms with Crippen LogP contribution in [-0.4, -0.2) is 43.6 Å². The Bertz CT molecular complexity index is 1060. The molecule has 1 atom stereocenters. The van der Waals surface area contributed by atoms with E-state index in [1.54, 1.807) is 19.2 Å². The standard InChI is InChI=1S/C26H31N3O4/c1-17-20-13-22-23(33-12-11-32-22)14-21(20)26(9-3-4-10-26)16-29(17)25(31)28-15-18-5-7-19(8-6-18)24(30)27-2/h5-8,13-14,17H,3-4,9-12,15-16H2,1-2H3,(H,27,30)(H,28,31). The molecule has 2 aromatic rings. The quantitative estimate of drug-likeness (QED) is 0.745. The summed E-state index contributed by atoms with van der Waals surface area (Å²) in [5.74, 6) is 1.49. The third-order valence-corrected chi connectivity index (χ3v) is 7.38. The molecule has 3 amide bonds. The number of hydrogen-bond acceptors (Lipinski definition) is 4. The summed E-state index contributed by atoms with van der Waals surface area (Å²) < 4.78 is 11.7. The molecule has 33 heavy (non-hydrogen) atoms. The van der Waals surface area contributed by atoms with Crippen molar-refractivity contribution in [2.45, 2.75) is 50.6 Å². The van der Waals surface area contributed by atoms with E-state index in [1.807, 2.05) is 17.0 Å². The van der Waals surface area contributed by atoms with Crippen molar-refractivity contribution in [3.05, 3.63) is 58.7 Å². The van der Waals surface area contributed by atoms with Gasteiger partial charge in [0.15, 0.2) is 11.5 Å². The van der Waals surface area contributed by atoms with Gasteiger partial charge in [0.2, 0.25) is 0 Å². The Labute approximate surface area is 194 Å². The van der Waals surface area contributed by atoms with Crippen molar-refractivity contribution in [3.63, 3.8) is 0 Å². The van der Waals surface area contributed by atoms with Crippen LogP contribution in [0.15, 0.2) is 36.4 Å². The van der Waals surface area contributed by atoms with Crippen LogP contribution in [0, 0.1) is 0 Å². The first-order chi connectivity index (χ1) is 16.0. The van der Waals surface area contributed by atoms with Gasteiger partial charge in [-0.25, -0.2) is 4.79 Å². The van der Waals surface area contributed by atoms with E-state index in [9.17, 15) is 9.59 Å². The predicted octanol–water partition coefficient (Wildman–Crippen LogP) is 3.92. The zero-order chi connectivity index (χ0) is 23.0. The summed E-state index contributed by atoms with van der Waals surface area (Å²) in [7, 11) is 1.61. The van der Waals surface area contributed by atoms with Crippen molar-refractivity contribution in [3.8, 4) is 11.5 Å². The van der Waals surface area contributed by atoms with Crippen LogP contribution in [0.5, 0.6) is 11.5 Å². The van der Waals surface area contributed by atoms with Crippen LogP contribution in [0.25, 0.3) is 0 Å². The fourth-order valence-electron chi connectivity index (χ4n) is 5.55. The molecular weight excluding hydrogens is 418 g/mol. The van der Waals surface area contributed by atoms with Crippen LogP contribution in [0.2, 0.25) is 0 Å². The monoisotopic (exact) mass is 449 g/mol. The van der Waals surface area contributed by atoms with Crippen molar-refractivity contribution in [1.29, 1.82) is 0 Å². The minimum atomic E-state index is -0.121. The molecule has 5 rings (SSSR count). The highest BCUT2D eigenvalue weighted by atomic mass is 16.6. The van der Waals surface area contributed by atoms with E-state index < -0.39 is 0 Å². The normalized spacial score (nSPS) is 20.3. The molecule has 0 saturated heterocycles. The lowest BCUT2D eigenvalue weighted by Gasteiger charge is -2.46. The zero-order valence-electron chi connectivity index (χ0n) is 19.3. The molecule has 3 aliphatic rings. The summed E-state index contributed by atoms with van der Waals surface area (Å²) in [5.41, 5.74) is 4.02. The maximum atomic E-state index is 13.3. The van der Waals surface area contributed by atoms with E-state index in [0.29, 0.717) is 31.9 Å². The molecule has 0 aromatic heterocycles. The Kier molecular flexibility index (Phi) is 5.64. The largest absolute Gasteiger partial charge is 0.486 e. The average molecular weight is 450 g/mol. The van der Waals surface area contributed by atoms with Gasteiger partial charge in [-0.15, -0.1) is 0 Å². The number of carbonyl (C=O) groups is 2. The maximum absolute atomic E-state index is 13.3. The van der Waals surface area contributed by atoms with Gasteiger partial charge in [-0.05, 0) is 60.7 Å². The van der Waals surface area contributed by atoms with Crippen LogP contribution < -0.4 is 20.1 Å². The Hall–Kier alpha value is -3.22. The number of ether oxygens (including phenoxy) is 2. The molecule has 0 bridgehead atoms. The zero-order valence-corrected chi connectivity index (χ0v) is 19.3. The molecule has 1 unspecified atom stereocenters. The smallest absolute Gasteiger partial charge is 0.318 e. The highest BCUT2D eigenvalue weighted by Gasteiger charge is 2.46. The van der Waals surface area contributed by atoms with Gasteiger partial charge < -0.3 is 25.0 Å². The Morgan fingerprint density at radius 3 is 2.39 bits per heavy atom. The lowest BCUT2D eigenvalue weighted by molar-refractivity contribution is 0.0963. The number of benzene rings is 2. The van der Waals surface area contributed by atoms with Crippen molar-refractivity contribution in [2.24, 2.45) is 0 Å². The lowest BCUT2D eigenvalue weighted by atomic mass is 9.71. The number of amides is 3. The summed E-state index contributed by atoms with van der Waals surface area (Å²) in [4.78, 5) is 27.1. The van der Waals surface area contributed by atoms with Gasteiger partial charge >= 0.3 is 6.03 Å². The number of rotatable bonds is 3. The molecule has 2 aromatic carbocycles. The van der Waals surface area contributed by atoms with Crippen LogP contribution in [-0.2, 0) is 12.0 Å². The Morgan fingerprint density at radius 2 is 1.73 bits per heavy atom. The maximum Gasteiger partial charge on any atom is 0.318 e. The molecule has 7 nitrogen and oxygen atoms in total. The SMILES string of the molecule is CNC(=O)c1ccc(CNC(=O)N2CC3(CCCC3)c3cc4c(cc3C2C)OCCO4)cc1. The fraction of sp³-hybridized carbons (Fsp3) is 0.462. The second-order valence-electron chi connectivity index (χ2n) is 9.31. The summed E-state index contributed by atoms with van der Waals surface area (Å²) >= 11 is 0. The number of nitrogens with zero attached hydrogens (tertiary/aromatic N) is 1. The first-order valence-corrected chi connectivity index (χ1v) is 11.8. The number of carbonyl (C=O) groups excluding carboxylic acids is 2. The van der Waals surface area contributed by atoms with Crippen molar-refractivity contribution < 1.29 is 19.1 Å². The van der Waals surface area contributed by atoms with E-state index in [0.717, 1.165) is 35.5 Å². The Morgan fingerprint density at radius 1 is 1.06 bits per heavy atom. The second kappa shape index (κ2) is 8.61. The topological polar surface area (TPSA) is 79.9 Å².